The Balaban J connectivity index is 0.00000169. The van der Waals surface area contributed by atoms with Crippen LogP contribution >= 0.6 is 12.4 Å². The normalized spacial score (nSPS) is 11.6. The Bertz CT molecular complexity index is 344. The lowest BCUT2D eigenvalue weighted by Gasteiger charge is -2.09. The van der Waals surface area contributed by atoms with E-state index in [0.29, 0.717) is 0 Å². The smallest absolute Gasteiger partial charge is 0.200 e. The molecule has 0 unspecified atom stereocenters. The van der Waals surface area contributed by atoms with E-state index in [1.807, 2.05) is 0 Å². The van der Waals surface area contributed by atoms with Gasteiger partial charge in [-0.25, -0.2) is 4.39 Å². The summed E-state index contributed by atoms with van der Waals surface area (Å²) in [7, 11) is 0. The molecule has 0 aromatic heterocycles. The quantitative estimate of drug-likeness (QED) is 0.753. The topological polar surface area (TPSA) is 46.2 Å². The highest BCUT2D eigenvalue weighted by Crippen LogP contribution is 2.27. The molecule has 14 heavy (non-hydrogen) atoms. The van der Waals surface area contributed by atoms with Crippen molar-refractivity contribution in [2.75, 3.05) is 0 Å². The minimum atomic E-state index is -1.28. The molecule has 0 aliphatic carbocycles. The van der Waals surface area contributed by atoms with Crippen molar-refractivity contribution >= 4 is 12.4 Å². The summed E-state index contributed by atoms with van der Waals surface area (Å²) >= 11 is 0. The second-order valence-electron chi connectivity index (χ2n) is 2.56. The monoisotopic (exact) mass is 221 g/mol. The van der Waals surface area contributed by atoms with E-state index in [1.165, 1.54) is 12.1 Å². The maximum absolute atomic E-state index is 12.8. The SMILES string of the molecule is C=C[C@@H](N)c1ccc(F)c(F)c1O.Cl. The van der Waals surface area contributed by atoms with Gasteiger partial charge in [0.1, 0.15) is 0 Å². The molecule has 78 valence electrons. The van der Waals surface area contributed by atoms with Gasteiger partial charge >= 0.3 is 0 Å². The molecule has 0 bridgehead atoms. The summed E-state index contributed by atoms with van der Waals surface area (Å²) in [6.45, 7) is 3.38. The number of benzene rings is 1. The second kappa shape index (κ2) is 4.93. The number of rotatable bonds is 2. The lowest BCUT2D eigenvalue weighted by atomic mass is 10.1. The molecule has 1 rings (SSSR count). The third kappa shape index (κ3) is 2.21. The van der Waals surface area contributed by atoms with Crippen molar-refractivity contribution in [2.24, 2.45) is 5.73 Å². The highest BCUT2D eigenvalue weighted by atomic mass is 35.5. The van der Waals surface area contributed by atoms with Crippen LogP contribution in [0.5, 0.6) is 5.75 Å². The van der Waals surface area contributed by atoms with Crippen molar-refractivity contribution in [2.45, 2.75) is 6.04 Å². The molecule has 1 aromatic rings. The first kappa shape index (κ1) is 12.9. The van der Waals surface area contributed by atoms with E-state index in [0.717, 1.165) is 6.07 Å². The van der Waals surface area contributed by atoms with Gasteiger partial charge in [-0.3, -0.25) is 0 Å². The minimum absolute atomic E-state index is 0. The summed E-state index contributed by atoms with van der Waals surface area (Å²) in [5.41, 5.74) is 5.57. The van der Waals surface area contributed by atoms with Gasteiger partial charge in [0.25, 0.3) is 0 Å². The lowest BCUT2D eigenvalue weighted by molar-refractivity contribution is 0.400. The van der Waals surface area contributed by atoms with Gasteiger partial charge < -0.3 is 10.8 Å². The Hall–Kier alpha value is -1.13. The molecule has 0 saturated heterocycles. The van der Waals surface area contributed by atoms with Crippen molar-refractivity contribution in [1.29, 1.82) is 0 Å². The highest BCUT2D eigenvalue weighted by Gasteiger charge is 2.15. The molecule has 1 aromatic carbocycles. The molecule has 3 N–H and O–H groups in total. The van der Waals surface area contributed by atoms with Crippen LogP contribution in [0.1, 0.15) is 11.6 Å². The third-order valence-corrected chi connectivity index (χ3v) is 1.71. The fraction of sp³-hybridized carbons (Fsp3) is 0.111. The maximum Gasteiger partial charge on any atom is 0.200 e. The first-order valence-corrected chi connectivity index (χ1v) is 3.63. The van der Waals surface area contributed by atoms with E-state index >= 15 is 0 Å². The van der Waals surface area contributed by atoms with Gasteiger partial charge in [0.15, 0.2) is 11.6 Å². The Kier molecular flexibility index (Phi) is 4.53. The summed E-state index contributed by atoms with van der Waals surface area (Å²) in [5, 5.41) is 9.14. The number of hydrogen-bond donors (Lipinski definition) is 2. The van der Waals surface area contributed by atoms with Crippen molar-refractivity contribution in [3.63, 3.8) is 0 Å². The molecular weight excluding hydrogens is 212 g/mol. The van der Waals surface area contributed by atoms with Crippen LogP contribution in [-0.2, 0) is 0 Å². The van der Waals surface area contributed by atoms with Crippen molar-refractivity contribution in [1.82, 2.24) is 0 Å². The number of phenolic OH excluding ortho intramolecular Hbond substituents is 1. The molecule has 0 aliphatic rings. The number of nitrogens with two attached hydrogens (primary N) is 1. The first-order valence-electron chi connectivity index (χ1n) is 3.63. The van der Waals surface area contributed by atoms with E-state index in [1.54, 1.807) is 0 Å². The molecule has 0 amide bonds. The average Bonchev–Trinajstić information content (AvgIpc) is 2.13. The zero-order valence-electron chi connectivity index (χ0n) is 7.21. The lowest BCUT2D eigenvalue weighted by Crippen LogP contribution is -2.07. The van der Waals surface area contributed by atoms with Gasteiger partial charge in [-0.2, -0.15) is 4.39 Å². The Morgan fingerprint density at radius 1 is 1.43 bits per heavy atom. The Morgan fingerprint density at radius 3 is 2.50 bits per heavy atom. The van der Waals surface area contributed by atoms with Crippen molar-refractivity contribution < 1.29 is 13.9 Å². The summed E-state index contributed by atoms with van der Waals surface area (Å²) in [6.07, 6.45) is 1.33. The summed E-state index contributed by atoms with van der Waals surface area (Å²) in [5.74, 6) is -3.14. The summed E-state index contributed by atoms with van der Waals surface area (Å²) < 4.78 is 25.3. The molecule has 5 heteroatoms. The maximum atomic E-state index is 12.8. The molecule has 0 aliphatic heterocycles. The molecule has 0 saturated carbocycles. The predicted octanol–water partition coefficient (Wildman–Crippen LogP) is 2.28. The number of phenols is 1. The van der Waals surface area contributed by atoms with Crippen LogP contribution in [0.3, 0.4) is 0 Å². The van der Waals surface area contributed by atoms with Crippen LogP contribution < -0.4 is 5.73 Å². The fourth-order valence-corrected chi connectivity index (χ4v) is 0.951. The van der Waals surface area contributed by atoms with E-state index in [2.05, 4.69) is 6.58 Å². The van der Waals surface area contributed by atoms with Crippen molar-refractivity contribution in [3.8, 4) is 5.75 Å². The Labute approximate surface area is 86.5 Å². The molecule has 0 heterocycles. The van der Waals surface area contributed by atoms with Gasteiger partial charge in [-0.1, -0.05) is 12.1 Å². The molecule has 1 atom stereocenters. The standard InChI is InChI=1S/C9H9F2NO.ClH/c1-2-7(12)5-3-4-6(10)8(11)9(5)13;/h2-4,7,13H,1,12H2;1H/t7-;/m1./s1. The van der Waals surface area contributed by atoms with E-state index in [-0.39, 0.29) is 18.0 Å². The zero-order valence-corrected chi connectivity index (χ0v) is 8.02. The van der Waals surface area contributed by atoms with E-state index in [4.69, 9.17) is 10.8 Å². The van der Waals surface area contributed by atoms with Crippen LogP contribution in [-0.4, -0.2) is 5.11 Å². The summed E-state index contributed by atoms with van der Waals surface area (Å²) in [6, 6.07) is 1.43. The summed E-state index contributed by atoms with van der Waals surface area (Å²) in [4.78, 5) is 0. The van der Waals surface area contributed by atoms with E-state index < -0.39 is 23.4 Å². The third-order valence-electron chi connectivity index (χ3n) is 1.71. The Morgan fingerprint density at radius 2 is 2.00 bits per heavy atom. The van der Waals surface area contributed by atoms with Gasteiger partial charge in [-0.15, -0.1) is 19.0 Å². The van der Waals surface area contributed by atoms with E-state index in [9.17, 15) is 8.78 Å². The number of aromatic hydroxyl groups is 1. The molecule has 0 radical (unpaired) electrons. The van der Waals surface area contributed by atoms with Gasteiger partial charge in [0, 0.05) is 5.56 Å². The second-order valence-corrected chi connectivity index (χ2v) is 2.56. The van der Waals surface area contributed by atoms with Gasteiger partial charge in [0.05, 0.1) is 6.04 Å². The zero-order chi connectivity index (χ0) is 10.0. The largest absolute Gasteiger partial charge is 0.505 e. The predicted molar refractivity (Wildman–Crippen MR) is 52.4 cm³/mol. The fourth-order valence-electron chi connectivity index (χ4n) is 0.951. The first-order chi connectivity index (χ1) is 6.07. The minimum Gasteiger partial charge on any atom is -0.505 e. The van der Waals surface area contributed by atoms with Crippen LogP contribution in [0.4, 0.5) is 8.78 Å². The number of halogens is 3. The number of hydrogen-bond acceptors (Lipinski definition) is 2. The van der Waals surface area contributed by atoms with Crippen LogP contribution in [0.2, 0.25) is 0 Å². The molecule has 0 fully saturated rings. The van der Waals surface area contributed by atoms with Gasteiger partial charge in [0.2, 0.25) is 5.82 Å². The van der Waals surface area contributed by atoms with Crippen LogP contribution in [0.15, 0.2) is 24.8 Å². The average molecular weight is 222 g/mol. The molecular formula is C9H10ClF2NO. The molecule has 2 nitrogen and oxygen atoms in total. The van der Waals surface area contributed by atoms with Crippen molar-refractivity contribution in [3.05, 3.63) is 42.0 Å². The van der Waals surface area contributed by atoms with Gasteiger partial charge in [-0.05, 0) is 6.07 Å². The molecule has 0 spiro atoms. The van der Waals surface area contributed by atoms with Crippen LogP contribution in [0.25, 0.3) is 0 Å². The highest BCUT2D eigenvalue weighted by molar-refractivity contribution is 5.85. The van der Waals surface area contributed by atoms with Crippen LogP contribution in [0, 0.1) is 11.6 Å².